The van der Waals surface area contributed by atoms with E-state index in [9.17, 15) is 13.2 Å². The van der Waals surface area contributed by atoms with E-state index < -0.39 is 10.0 Å². The summed E-state index contributed by atoms with van der Waals surface area (Å²) in [5.41, 5.74) is 1.85. The minimum Gasteiger partial charge on any atom is -0.328 e. The number of hydrogen-bond acceptors (Lipinski definition) is 7. The van der Waals surface area contributed by atoms with Gasteiger partial charge in [0.1, 0.15) is 10.7 Å². The van der Waals surface area contributed by atoms with Gasteiger partial charge in [-0.1, -0.05) is 13.3 Å². The van der Waals surface area contributed by atoms with E-state index in [-0.39, 0.29) is 16.4 Å². The minimum atomic E-state index is -3.83. The Balaban J connectivity index is 1.31. The summed E-state index contributed by atoms with van der Waals surface area (Å²) in [6.45, 7) is 5.95. The van der Waals surface area contributed by atoms with Gasteiger partial charge in [0, 0.05) is 37.0 Å². The number of aromatic nitrogens is 1. The van der Waals surface area contributed by atoms with Crippen LogP contribution >= 0.6 is 11.3 Å². The largest absolute Gasteiger partial charge is 0.328 e. The fourth-order valence-corrected chi connectivity index (χ4v) is 6.87. The number of thiazole rings is 1. The maximum Gasteiger partial charge on any atom is 0.286 e. The van der Waals surface area contributed by atoms with Gasteiger partial charge >= 0.3 is 0 Å². The molecule has 176 valence electrons. The summed E-state index contributed by atoms with van der Waals surface area (Å²) in [7, 11) is -3.83. The van der Waals surface area contributed by atoms with Crippen LogP contribution in [0.2, 0.25) is 0 Å². The molecule has 2 fully saturated rings. The summed E-state index contributed by atoms with van der Waals surface area (Å²) in [5.74, 6) is 0.938. The molecule has 2 saturated heterocycles. The van der Waals surface area contributed by atoms with Crippen LogP contribution in [0.4, 0.5) is 10.8 Å². The molecule has 0 saturated carbocycles. The Hall–Kier alpha value is -2.30. The molecule has 4 heterocycles. The Labute approximate surface area is 198 Å². The van der Waals surface area contributed by atoms with Crippen molar-refractivity contribution in [3.63, 3.8) is 0 Å². The molecule has 0 spiro atoms. The van der Waals surface area contributed by atoms with E-state index in [2.05, 4.69) is 26.5 Å². The van der Waals surface area contributed by atoms with E-state index in [4.69, 9.17) is 0 Å². The van der Waals surface area contributed by atoms with Crippen LogP contribution in [0.25, 0.3) is 0 Å². The van der Waals surface area contributed by atoms with Crippen molar-refractivity contribution < 1.29 is 13.2 Å². The summed E-state index contributed by atoms with van der Waals surface area (Å²) < 4.78 is 29.7. The molecule has 8 nitrogen and oxygen atoms in total. The first-order valence-corrected chi connectivity index (χ1v) is 13.9. The topological polar surface area (TPSA) is 95.0 Å². The minimum absolute atomic E-state index is 0.0971. The molecule has 1 atom stereocenters. The number of hydrogen-bond donors (Lipinski definition) is 1. The molecular formula is C23H29N5O3S2. The average Bonchev–Trinajstić information content (AvgIpc) is 3.07. The third-order valence-corrected chi connectivity index (χ3v) is 8.65. The second kappa shape index (κ2) is 9.15. The molecule has 5 rings (SSSR count). The number of piperidine rings is 1. The summed E-state index contributed by atoms with van der Waals surface area (Å²) in [5, 5.41) is 5.33. The van der Waals surface area contributed by atoms with E-state index in [0.717, 1.165) is 51.1 Å². The highest BCUT2D eigenvalue weighted by molar-refractivity contribution is 7.90. The lowest BCUT2D eigenvalue weighted by atomic mass is 10.0. The fourth-order valence-electron chi connectivity index (χ4n) is 4.89. The molecule has 10 heteroatoms. The number of benzene rings is 1. The van der Waals surface area contributed by atoms with Gasteiger partial charge in [0.05, 0.1) is 11.4 Å². The SMILES string of the molecule is C[C@@H]1CCCN(Cc2csc(NC(=O)c3ccc4c(c3)S(=O)(=O)N=C3CCCCCN34)n2)C1. The second-order valence-electron chi connectivity index (χ2n) is 9.21. The Morgan fingerprint density at radius 2 is 2.09 bits per heavy atom. The van der Waals surface area contributed by atoms with Gasteiger partial charge in [-0.25, -0.2) is 4.98 Å². The van der Waals surface area contributed by atoms with Crippen molar-refractivity contribution in [3.05, 3.63) is 34.8 Å². The first kappa shape index (κ1) is 22.5. The maximum atomic E-state index is 12.9. The maximum absolute atomic E-state index is 12.9. The molecule has 33 heavy (non-hydrogen) atoms. The zero-order valence-electron chi connectivity index (χ0n) is 18.8. The lowest BCUT2D eigenvalue weighted by molar-refractivity contribution is 0.102. The number of sulfonamides is 1. The van der Waals surface area contributed by atoms with E-state index in [0.29, 0.717) is 29.0 Å². The number of carbonyl (C=O) groups is 1. The molecule has 1 aromatic carbocycles. The number of nitrogens with zero attached hydrogens (tertiary/aromatic N) is 4. The van der Waals surface area contributed by atoms with Crippen molar-refractivity contribution in [2.75, 3.05) is 29.9 Å². The van der Waals surface area contributed by atoms with Crippen molar-refractivity contribution in [3.8, 4) is 0 Å². The summed E-state index contributed by atoms with van der Waals surface area (Å²) >= 11 is 1.39. The highest BCUT2D eigenvalue weighted by Gasteiger charge is 2.32. The van der Waals surface area contributed by atoms with E-state index in [1.807, 2.05) is 10.3 Å². The molecule has 0 unspecified atom stereocenters. The highest BCUT2D eigenvalue weighted by Crippen LogP contribution is 2.35. The van der Waals surface area contributed by atoms with Crippen LogP contribution in [-0.4, -0.2) is 49.7 Å². The molecule has 0 radical (unpaired) electrons. The Morgan fingerprint density at radius 1 is 1.21 bits per heavy atom. The first-order chi connectivity index (χ1) is 15.9. The van der Waals surface area contributed by atoms with Crippen LogP contribution in [0.15, 0.2) is 32.9 Å². The van der Waals surface area contributed by atoms with Crippen molar-refractivity contribution in [1.29, 1.82) is 0 Å². The third kappa shape index (κ3) is 4.83. The number of fused-ring (bicyclic) bond motifs is 3. The number of rotatable bonds is 4. The molecule has 1 N–H and O–H groups in total. The van der Waals surface area contributed by atoms with E-state index in [1.165, 1.54) is 30.2 Å². The zero-order valence-corrected chi connectivity index (χ0v) is 20.4. The Kier molecular flexibility index (Phi) is 6.24. The van der Waals surface area contributed by atoms with Crippen LogP contribution in [0.1, 0.15) is 61.5 Å². The summed E-state index contributed by atoms with van der Waals surface area (Å²) in [4.78, 5) is 22.0. The van der Waals surface area contributed by atoms with Crippen molar-refractivity contribution in [1.82, 2.24) is 9.88 Å². The highest BCUT2D eigenvalue weighted by atomic mass is 32.2. The standard InChI is InChI=1S/C23H29N5O3S2/c1-16-6-5-10-27(13-16)14-18-15-32-23(24-18)25-22(29)17-8-9-19-20(12-17)33(30,31)26-21-7-3-2-4-11-28(19)21/h8-9,12,15-16H,2-7,10-11,13-14H2,1H3,(H,24,25,29)/t16-/m1/s1. The van der Waals surface area contributed by atoms with Gasteiger partial charge in [0.15, 0.2) is 5.13 Å². The molecule has 3 aliphatic rings. The molecule has 2 aromatic rings. The molecular weight excluding hydrogens is 458 g/mol. The lowest BCUT2D eigenvalue weighted by Crippen LogP contribution is -2.35. The predicted molar refractivity (Wildman–Crippen MR) is 131 cm³/mol. The van der Waals surface area contributed by atoms with Gasteiger partial charge in [0.2, 0.25) is 0 Å². The van der Waals surface area contributed by atoms with Gasteiger partial charge in [-0.05, 0) is 56.3 Å². The number of amidine groups is 1. The van der Waals surface area contributed by atoms with Gasteiger partial charge in [-0.3, -0.25) is 15.0 Å². The number of anilines is 2. The quantitative estimate of drug-likeness (QED) is 0.697. The smallest absolute Gasteiger partial charge is 0.286 e. The van der Waals surface area contributed by atoms with Crippen LogP contribution < -0.4 is 10.2 Å². The van der Waals surface area contributed by atoms with E-state index >= 15 is 0 Å². The van der Waals surface area contributed by atoms with Crippen LogP contribution in [0.5, 0.6) is 0 Å². The number of amides is 1. The average molecular weight is 488 g/mol. The fraction of sp³-hybridized carbons (Fsp3) is 0.522. The zero-order chi connectivity index (χ0) is 23.0. The first-order valence-electron chi connectivity index (χ1n) is 11.6. The molecule has 3 aliphatic heterocycles. The van der Waals surface area contributed by atoms with E-state index in [1.54, 1.807) is 12.1 Å². The summed E-state index contributed by atoms with van der Waals surface area (Å²) in [6, 6.07) is 4.85. The predicted octanol–water partition coefficient (Wildman–Crippen LogP) is 4.11. The van der Waals surface area contributed by atoms with Crippen LogP contribution in [-0.2, 0) is 16.6 Å². The van der Waals surface area contributed by atoms with Crippen molar-refractivity contribution in [2.24, 2.45) is 10.3 Å². The van der Waals surface area contributed by atoms with Gasteiger partial charge < -0.3 is 4.90 Å². The Morgan fingerprint density at radius 3 is 2.94 bits per heavy atom. The number of nitrogens with one attached hydrogen (secondary N) is 1. The number of likely N-dealkylation sites (tertiary alicyclic amines) is 1. The molecule has 1 amide bonds. The normalized spacial score (nSPS) is 22.6. The second-order valence-corrected chi connectivity index (χ2v) is 11.6. The molecule has 1 aromatic heterocycles. The third-order valence-electron chi connectivity index (χ3n) is 6.51. The van der Waals surface area contributed by atoms with Crippen molar-refractivity contribution >= 4 is 43.9 Å². The lowest BCUT2D eigenvalue weighted by Gasteiger charge is -2.30. The number of carbonyl (C=O) groups excluding carboxylic acids is 1. The monoisotopic (exact) mass is 487 g/mol. The van der Waals surface area contributed by atoms with Gasteiger partial charge in [-0.15, -0.1) is 15.7 Å². The van der Waals surface area contributed by atoms with Gasteiger partial charge in [0.25, 0.3) is 15.9 Å². The molecule has 0 bridgehead atoms. The van der Waals surface area contributed by atoms with Crippen LogP contribution in [0, 0.1) is 5.92 Å². The van der Waals surface area contributed by atoms with Crippen LogP contribution in [0.3, 0.4) is 0 Å². The summed E-state index contributed by atoms with van der Waals surface area (Å²) in [6.07, 6.45) is 6.12. The van der Waals surface area contributed by atoms with Crippen molar-refractivity contribution in [2.45, 2.75) is 56.9 Å². The Bertz CT molecular complexity index is 1190. The molecule has 0 aliphatic carbocycles. The van der Waals surface area contributed by atoms with Gasteiger partial charge in [-0.2, -0.15) is 8.42 Å².